The number of hydrogen-bond acceptors (Lipinski definition) is 3. The number of likely N-dealkylation sites (tertiary alicyclic amines) is 1. The Morgan fingerprint density at radius 1 is 1.18 bits per heavy atom. The first kappa shape index (κ1) is 13.7. The Kier molecular flexibility index (Phi) is 6.16. The summed E-state index contributed by atoms with van der Waals surface area (Å²) < 4.78 is 0. The van der Waals surface area contributed by atoms with Crippen molar-refractivity contribution in [1.29, 1.82) is 0 Å². The molecule has 2 unspecified atom stereocenters. The summed E-state index contributed by atoms with van der Waals surface area (Å²) in [5.41, 5.74) is 0. The maximum Gasteiger partial charge on any atom is 0.0201 e. The number of rotatable bonds is 7. The molecule has 0 spiro atoms. The summed E-state index contributed by atoms with van der Waals surface area (Å²) in [6.07, 6.45) is 8.45. The van der Waals surface area contributed by atoms with Crippen LogP contribution in [0, 0.1) is 0 Å². The molecule has 1 heterocycles. The Hall–Kier alpha value is 0.270. The molecule has 2 nitrogen and oxygen atoms in total. The third kappa shape index (κ3) is 4.46. The summed E-state index contributed by atoms with van der Waals surface area (Å²) >= 11 is 2.16. The van der Waals surface area contributed by atoms with Gasteiger partial charge >= 0.3 is 0 Å². The second-order valence-corrected chi connectivity index (χ2v) is 6.90. The van der Waals surface area contributed by atoms with Crippen molar-refractivity contribution in [2.75, 3.05) is 31.9 Å². The number of nitrogens with zero attached hydrogens (tertiary/aromatic N) is 1. The Morgan fingerprint density at radius 2 is 2.00 bits per heavy atom. The van der Waals surface area contributed by atoms with Gasteiger partial charge in [0.05, 0.1) is 0 Å². The lowest BCUT2D eigenvalue weighted by atomic mass is 10.2. The van der Waals surface area contributed by atoms with E-state index in [1.54, 1.807) is 0 Å². The minimum atomic E-state index is 0.804. The van der Waals surface area contributed by atoms with Gasteiger partial charge in [-0.1, -0.05) is 13.3 Å². The zero-order chi connectivity index (χ0) is 11.9. The summed E-state index contributed by atoms with van der Waals surface area (Å²) in [6.45, 7) is 7.51. The zero-order valence-corrected chi connectivity index (χ0v) is 12.1. The summed E-state index contributed by atoms with van der Waals surface area (Å²) in [5.74, 6) is 1.27. The van der Waals surface area contributed by atoms with E-state index >= 15 is 0 Å². The van der Waals surface area contributed by atoms with Gasteiger partial charge in [0.1, 0.15) is 0 Å². The third-order valence-electron chi connectivity index (χ3n) is 4.09. The Morgan fingerprint density at radius 3 is 2.76 bits per heavy atom. The summed E-state index contributed by atoms with van der Waals surface area (Å²) in [7, 11) is 0. The largest absolute Gasteiger partial charge is 0.313 e. The van der Waals surface area contributed by atoms with Gasteiger partial charge in [-0.3, -0.25) is 0 Å². The van der Waals surface area contributed by atoms with Gasteiger partial charge in [0.15, 0.2) is 0 Å². The van der Waals surface area contributed by atoms with E-state index in [1.165, 1.54) is 70.5 Å². The highest BCUT2D eigenvalue weighted by Crippen LogP contribution is 2.29. The summed E-state index contributed by atoms with van der Waals surface area (Å²) in [5, 5.41) is 4.69. The van der Waals surface area contributed by atoms with E-state index in [-0.39, 0.29) is 0 Å². The van der Waals surface area contributed by atoms with Crippen LogP contribution < -0.4 is 5.32 Å². The first-order chi connectivity index (χ1) is 8.40. The van der Waals surface area contributed by atoms with Crippen molar-refractivity contribution in [2.45, 2.75) is 56.7 Å². The van der Waals surface area contributed by atoms with Gasteiger partial charge in [-0.25, -0.2) is 0 Å². The minimum absolute atomic E-state index is 0.804. The Bertz CT molecular complexity index is 204. The van der Waals surface area contributed by atoms with Gasteiger partial charge in [-0.15, -0.1) is 0 Å². The molecule has 1 saturated heterocycles. The van der Waals surface area contributed by atoms with Crippen LogP contribution in [-0.2, 0) is 0 Å². The Balaban J connectivity index is 1.54. The van der Waals surface area contributed by atoms with Crippen molar-refractivity contribution in [3.8, 4) is 0 Å². The third-order valence-corrected chi connectivity index (χ3v) is 5.42. The summed E-state index contributed by atoms with van der Waals surface area (Å²) in [6, 6.07) is 0.804. The van der Waals surface area contributed by atoms with E-state index in [4.69, 9.17) is 0 Å². The first-order valence-electron chi connectivity index (χ1n) is 7.47. The van der Waals surface area contributed by atoms with Crippen LogP contribution in [-0.4, -0.2) is 48.1 Å². The SMILES string of the molecule is CCSC1CCCC1NCCCN1CCCC1. The molecule has 0 aromatic rings. The molecule has 2 aliphatic rings. The second-order valence-electron chi connectivity index (χ2n) is 5.39. The highest BCUT2D eigenvalue weighted by molar-refractivity contribution is 7.99. The highest BCUT2D eigenvalue weighted by atomic mass is 32.2. The fourth-order valence-electron chi connectivity index (χ4n) is 3.17. The number of hydrogen-bond donors (Lipinski definition) is 1. The van der Waals surface area contributed by atoms with Gasteiger partial charge < -0.3 is 10.2 Å². The van der Waals surface area contributed by atoms with Crippen molar-refractivity contribution in [3.63, 3.8) is 0 Å². The van der Waals surface area contributed by atoms with Crippen molar-refractivity contribution in [3.05, 3.63) is 0 Å². The second kappa shape index (κ2) is 7.65. The molecule has 0 amide bonds. The zero-order valence-electron chi connectivity index (χ0n) is 11.3. The molecular weight excluding hydrogens is 228 g/mol. The summed E-state index contributed by atoms with van der Waals surface area (Å²) in [4.78, 5) is 2.62. The molecule has 0 aromatic carbocycles. The molecule has 0 bridgehead atoms. The average molecular weight is 256 g/mol. The van der Waals surface area contributed by atoms with Crippen molar-refractivity contribution >= 4 is 11.8 Å². The van der Waals surface area contributed by atoms with Crippen LogP contribution >= 0.6 is 11.8 Å². The smallest absolute Gasteiger partial charge is 0.0201 e. The molecule has 0 radical (unpaired) electrons. The first-order valence-corrected chi connectivity index (χ1v) is 8.52. The van der Waals surface area contributed by atoms with Gasteiger partial charge in [0.2, 0.25) is 0 Å². The lowest BCUT2D eigenvalue weighted by Gasteiger charge is -2.21. The van der Waals surface area contributed by atoms with Crippen LogP contribution in [0.1, 0.15) is 45.4 Å². The molecular formula is C14H28N2S. The van der Waals surface area contributed by atoms with Crippen molar-refractivity contribution < 1.29 is 0 Å². The lowest BCUT2D eigenvalue weighted by molar-refractivity contribution is 0.327. The topological polar surface area (TPSA) is 15.3 Å². The predicted octanol–water partition coefficient (Wildman–Crippen LogP) is 2.74. The van der Waals surface area contributed by atoms with Gasteiger partial charge in [-0.2, -0.15) is 11.8 Å². The molecule has 2 atom stereocenters. The van der Waals surface area contributed by atoms with Crippen LogP contribution in [0.15, 0.2) is 0 Å². The molecule has 3 heteroatoms. The quantitative estimate of drug-likeness (QED) is 0.705. The molecule has 1 saturated carbocycles. The van der Waals surface area contributed by atoms with Crippen LogP contribution in [0.5, 0.6) is 0 Å². The molecule has 17 heavy (non-hydrogen) atoms. The van der Waals surface area contributed by atoms with E-state index < -0.39 is 0 Å². The molecule has 1 N–H and O–H groups in total. The molecule has 1 aliphatic heterocycles. The maximum atomic E-state index is 3.79. The number of thioether (sulfide) groups is 1. The molecule has 1 aliphatic carbocycles. The number of nitrogens with one attached hydrogen (secondary N) is 1. The lowest BCUT2D eigenvalue weighted by Crippen LogP contribution is -2.36. The highest BCUT2D eigenvalue weighted by Gasteiger charge is 2.26. The monoisotopic (exact) mass is 256 g/mol. The van der Waals surface area contributed by atoms with Crippen LogP contribution in [0.4, 0.5) is 0 Å². The van der Waals surface area contributed by atoms with Crippen molar-refractivity contribution in [2.24, 2.45) is 0 Å². The molecule has 0 aromatic heterocycles. The predicted molar refractivity (Wildman–Crippen MR) is 77.9 cm³/mol. The molecule has 2 rings (SSSR count). The fourth-order valence-corrected chi connectivity index (χ4v) is 4.40. The molecule has 2 fully saturated rings. The van der Waals surface area contributed by atoms with E-state index in [0.717, 1.165) is 11.3 Å². The Labute approximate surface area is 111 Å². The van der Waals surface area contributed by atoms with E-state index in [0.29, 0.717) is 0 Å². The van der Waals surface area contributed by atoms with E-state index in [2.05, 4.69) is 28.9 Å². The van der Waals surface area contributed by atoms with Crippen LogP contribution in [0.2, 0.25) is 0 Å². The normalized spacial score (nSPS) is 30.2. The average Bonchev–Trinajstić information content (AvgIpc) is 2.96. The van der Waals surface area contributed by atoms with Gasteiger partial charge in [0.25, 0.3) is 0 Å². The van der Waals surface area contributed by atoms with Crippen LogP contribution in [0.25, 0.3) is 0 Å². The minimum Gasteiger partial charge on any atom is -0.313 e. The van der Waals surface area contributed by atoms with Crippen molar-refractivity contribution in [1.82, 2.24) is 10.2 Å². The van der Waals surface area contributed by atoms with E-state index in [9.17, 15) is 0 Å². The van der Waals surface area contributed by atoms with Gasteiger partial charge in [0, 0.05) is 11.3 Å². The maximum absolute atomic E-state index is 3.79. The van der Waals surface area contributed by atoms with Crippen LogP contribution in [0.3, 0.4) is 0 Å². The van der Waals surface area contributed by atoms with E-state index in [1.807, 2.05) is 0 Å². The standard InChI is InChI=1S/C14H28N2S/c1-2-17-14-8-5-7-13(14)15-9-6-12-16-10-3-4-11-16/h13-15H,2-12H2,1H3. The van der Waals surface area contributed by atoms with Gasteiger partial charge in [-0.05, 0) is 64.0 Å². The fraction of sp³-hybridized carbons (Fsp3) is 1.00. The molecule has 100 valence electrons.